The molecule has 0 aromatic heterocycles. The average molecular weight is 915 g/mol. The fourth-order valence-electron chi connectivity index (χ4n) is 7.59. The molecular weight excluding hydrogens is 866 g/mol. The smallest absolute Gasteiger partial charge is 0.410 e. The summed E-state index contributed by atoms with van der Waals surface area (Å²) in [6.45, 7) is 4.14. The molecule has 4 N–H and O–H groups in total. The molecule has 2 heterocycles. The van der Waals surface area contributed by atoms with Gasteiger partial charge in [-0.2, -0.15) is 8.78 Å². The Morgan fingerprint density at radius 2 is 1.43 bits per heavy atom. The van der Waals surface area contributed by atoms with Crippen LogP contribution < -0.4 is 21.3 Å². The zero-order chi connectivity index (χ0) is 47.1. The molecule has 15 nitrogen and oxygen atoms in total. The number of nitrogens with one attached hydrogen (secondary N) is 2. The highest BCUT2D eigenvalue weighted by Gasteiger charge is 2.56. The van der Waals surface area contributed by atoms with Gasteiger partial charge >= 0.3 is 25.2 Å². The Kier molecular flexibility index (Phi) is 15.1. The molecule has 65 heavy (non-hydrogen) atoms. The lowest BCUT2D eigenvalue weighted by molar-refractivity contribution is -0.128. The Bertz CT molecular complexity index is 2500. The van der Waals surface area contributed by atoms with Gasteiger partial charge in [0.05, 0.1) is 16.8 Å². The molecule has 0 unspecified atom stereocenters. The lowest BCUT2D eigenvalue weighted by Gasteiger charge is -2.28. The lowest BCUT2D eigenvalue weighted by atomic mass is 10.0. The van der Waals surface area contributed by atoms with Crippen LogP contribution in [0.15, 0.2) is 97.1 Å². The fourth-order valence-corrected chi connectivity index (χ4v) is 8.83. The quantitative estimate of drug-likeness (QED) is 0.0411. The SMILES string of the molecule is C/C(=C\C(=O)N[C@H]1CCc2cccc3c2N(C1=O)[C@H](C(=O)N[C@H](C)CCC(N)=O)C3)c1ccc(C(F)(F)P(=O)(OCOC(=O)c2ccccc2C)OCOC(=O)c2ccccc2C)cc1. The molecule has 4 amide bonds. The molecule has 0 spiro atoms. The number of nitrogens with zero attached hydrogens (tertiary/aromatic N) is 1. The first-order valence-corrected chi connectivity index (χ1v) is 22.3. The molecule has 4 aromatic rings. The highest BCUT2D eigenvalue weighted by molar-refractivity contribution is 7.54. The predicted molar refractivity (Wildman–Crippen MR) is 234 cm³/mol. The van der Waals surface area contributed by atoms with E-state index in [0.29, 0.717) is 40.8 Å². The van der Waals surface area contributed by atoms with Crippen LogP contribution in [0.3, 0.4) is 0 Å². The molecule has 18 heteroatoms. The van der Waals surface area contributed by atoms with Crippen LogP contribution in [0.2, 0.25) is 0 Å². The number of para-hydroxylation sites is 1. The van der Waals surface area contributed by atoms with E-state index < -0.39 is 86.1 Å². The van der Waals surface area contributed by atoms with E-state index in [1.54, 1.807) is 64.1 Å². The maximum atomic E-state index is 16.3. The predicted octanol–water partition coefficient (Wildman–Crippen LogP) is 6.77. The summed E-state index contributed by atoms with van der Waals surface area (Å²) in [6.07, 6.45) is 2.52. The number of carbonyl (C=O) groups is 6. The monoisotopic (exact) mass is 914 g/mol. The second-order valence-electron chi connectivity index (χ2n) is 15.8. The second-order valence-corrected chi connectivity index (χ2v) is 17.9. The molecule has 6 rings (SSSR count). The summed E-state index contributed by atoms with van der Waals surface area (Å²) in [7, 11) is -5.65. The first kappa shape index (κ1) is 47.9. The van der Waals surface area contributed by atoms with Gasteiger partial charge in [-0.1, -0.05) is 78.9 Å². The molecule has 0 fully saturated rings. The Morgan fingerprint density at radius 3 is 2.00 bits per heavy atom. The van der Waals surface area contributed by atoms with Gasteiger partial charge < -0.3 is 25.8 Å². The van der Waals surface area contributed by atoms with Gasteiger partial charge in [0.1, 0.15) is 12.1 Å². The van der Waals surface area contributed by atoms with E-state index >= 15 is 8.78 Å². The Hall–Kier alpha value is -6.55. The van der Waals surface area contributed by atoms with Gasteiger partial charge in [-0.15, -0.1) is 0 Å². The van der Waals surface area contributed by atoms with E-state index in [9.17, 15) is 33.3 Å². The molecule has 0 saturated carbocycles. The number of ether oxygens (including phenoxy) is 2. The van der Waals surface area contributed by atoms with Gasteiger partial charge in [-0.3, -0.25) is 37.7 Å². The largest absolute Gasteiger partial charge is 0.434 e. The van der Waals surface area contributed by atoms with Crippen molar-refractivity contribution in [3.63, 3.8) is 0 Å². The maximum absolute atomic E-state index is 16.3. The van der Waals surface area contributed by atoms with Gasteiger partial charge in [0.2, 0.25) is 37.2 Å². The molecule has 0 aliphatic carbocycles. The lowest BCUT2D eigenvalue weighted by Crippen LogP contribution is -2.55. The molecule has 2 aliphatic rings. The van der Waals surface area contributed by atoms with Crippen LogP contribution in [0.1, 0.15) is 87.2 Å². The van der Waals surface area contributed by atoms with Crippen molar-refractivity contribution in [2.24, 2.45) is 5.73 Å². The molecule has 0 bridgehead atoms. The third-order valence-electron chi connectivity index (χ3n) is 11.2. The second kappa shape index (κ2) is 20.5. The van der Waals surface area contributed by atoms with E-state index in [1.807, 2.05) is 18.2 Å². The number of carbonyl (C=O) groups excluding carboxylic acids is 6. The number of amides is 4. The van der Waals surface area contributed by atoms with E-state index in [2.05, 4.69) is 10.6 Å². The number of alkyl halides is 2. The van der Waals surface area contributed by atoms with Crippen LogP contribution in [0.5, 0.6) is 0 Å². The van der Waals surface area contributed by atoms with Crippen molar-refractivity contribution in [2.45, 2.75) is 83.6 Å². The van der Waals surface area contributed by atoms with Crippen LogP contribution in [-0.4, -0.2) is 67.3 Å². The number of rotatable bonds is 18. The number of hydrogen-bond acceptors (Lipinski definition) is 11. The van der Waals surface area contributed by atoms with Crippen molar-refractivity contribution in [1.82, 2.24) is 10.6 Å². The van der Waals surface area contributed by atoms with Gasteiger partial charge in [0.25, 0.3) is 0 Å². The van der Waals surface area contributed by atoms with Gasteiger partial charge in [-0.25, -0.2) is 9.59 Å². The van der Waals surface area contributed by atoms with E-state index in [0.717, 1.165) is 23.3 Å². The third kappa shape index (κ3) is 11.0. The number of hydrogen-bond donors (Lipinski definition) is 3. The van der Waals surface area contributed by atoms with Crippen molar-refractivity contribution in [3.8, 4) is 0 Å². The highest BCUT2D eigenvalue weighted by atomic mass is 31.2. The van der Waals surface area contributed by atoms with Crippen molar-refractivity contribution >= 4 is 54.4 Å². The number of aryl methyl sites for hydroxylation is 3. The average Bonchev–Trinajstić information content (AvgIpc) is 3.61. The molecule has 2 aliphatic heterocycles. The van der Waals surface area contributed by atoms with Crippen molar-refractivity contribution in [2.75, 3.05) is 18.5 Å². The normalized spacial score (nSPS) is 16.5. The van der Waals surface area contributed by atoms with Crippen molar-refractivity contribution in [3.05, 3.63) is 142 Å². The summed E-state index contributed by atoms with van der Waals surface area (Å²) in [5.41, 5.74) is 4.25. The van der Waals surface area contributed by atoms with E-state index in [-0.39, 0.29) is 30.4 Å². The minimum atomic E-state index is -5.65. The van der Waals surface area contributed by atoms with Crippen LogP contribution in [-0.2, 0) is 60.8 Å². The number of esters is 2. The Morgan fingerprint density at radius 1 is 0.862 bits per heavy atom. The number of allylic oxidation sites excluding steroid dienone is 1. The van der Waals surface area contributed by atoms with Gasteiger partial charge in [-0.05, 0) is 92.5 Å². The number of nitrogens with two attached hydrogens (primary N) is 1. The minimum Gasteiger partial charge on any atom is -0.434 e. The van der Waals surface area contributed by atoms with Crippen LogP contribution in [0, 0.1) is 13.8 Å². The standard InChI is InChI=1S/C47H49F2N4O11P/c1-28-10-5-7-14-36(28)45(58)61-26-63-65(60,64-27-62-46(59)37-15-8-6-11-29(37)2)47(48,49)35-20-17-32(18-21-35)30(3)24-41(55)52-38-22-19-33-12-9-13-34-25-39(53(42(33)34)44(38)57)43(56)51-31(4)16-23-40(50)54/h5-15,17-18,20-21,24,31,38-39H,16,19,22-23,25-27H2,1-4H3,(H2,50,54)(H,51,56)(H,52,55)/b30-24+/t31-,38+,39+/m1/s1. The molecule has 0 radical (unpaired) electrons. The molecule has 4 aromatic carbocycles. The summed E-state index contributed by atoms with van der Waals surface area (Å²) in [4.78, 5) is 79.2. The number of halogens is 2. The summed E-state index contributed by atoms with van der Waals surface area (Å²) < 4.78 is 66.7. The van der Waals surface area contributed by atoms with Crippen LogP contribution in [0.25, 0.3) is 5.57 Å². The summed E-state index contributed by atoms with van der Waals surface area (Å²) in [5.74, 6) is -3.92. The van der Waals surface area contributed by atoms with E-state index in [1.165, 1.54) is 35.2 Å². The minimum absolute atomic E-state index is 0.0774. The van der Waals surface area contributed by atoms with Gasteiger partial charge in [0, 0.05) is 30.5 Å². The van der Waals surface area contributed by atoms with Crippen molar-refractivity contribution < 1.29 is 60.6 Å². The highest BCUT2D eigenvalue weighted by Crippen LogP contribution is 2.67. The van der Waals surface area contributed by atoms with Crippen LogP contribution >= 0.6 is 7.60 Å². The molecule has 0 saturated heterocycles. The number of benzene rings is 4. The summed E-state index contributed by atoms with van der Waals surface area (Å²) >= 11 is 0. The molecular formula is C47H49F2N4O11P. The fraction of sp³-hybridized carbons (Fsp3) is 0.319. The Labute approximate surface area is 374 Å². The number of anilines is 1. The first-order chi connectivity index (χ1) is 30.9. The van der Waals surface area contributed by atoms with E-state index in [4.69, 9.17) is 24.3 Å². The summed E-state index contributed by atoms with van der Waals surface area (Å²) in [6, 6.07) is 20.3. The summed E-state index contributed by atoms with van der Waals surface area (Å²) in [5, 5.41) is 5.62. The Balaban J connectivity index is 1.15. The topological polar surface area (TPSA) is 210 Å². The zero-order valence-electron chi connectivity index (χ0n) is 36.1. The molecule has 342 valence electrons. The number of primary amides is 1. The van der Waals surface area contributed by atoms with Crippen LogP contribution in [0.4, 0.5) is 14.5 Å². The maximum Gasteiger partial charge on any atom is 0.410 e. The zero-order valence-corrected chi connectivity index (χ0v) is 37.0. The third-order valence-corrected chi connectivity index (χ3v) is 13.0. The molecule has 3 atom stereocenters. The first-order valence-electron chi connectivity index (χ1n) is 20.7. The van der Waals surface area contributed by atoms with Crippen molar-refractivity contribution in [1.29, 1.82) is 0 Å². The van der Waals surface area contributed by atoms with Gasteiger partial charge in [0.15, 0.2) is 0 Å².